The fraction of sp³-hybridized carbons (Fsp3) is 0.688. The lowest BCUT2D eigenvalue weighted by Gasteiger charge is -2.37. The van der Waals surface area contributed by atoms with E-state index in [-0.39, 0.29) is 12.0 Å². The van der Waals surface area contributed by atoms with E-state index in [1.165, 1.54) is 5.69 Å². The van der Waals surface area contributed by atoms with E-state index in [9.17, 15) is 9.59 Å². The van der Waals surface area contributed by atoms with Gasteiger partial charge in [-0.25, -0.2) is 4.79 Å². The molecule has 0 aliphatic carbocycles. The monoisotopic (exact) mass is 333 g/mol. The molecule has 2 saturated heterocycles. The molecule has 0 radical (unpaired) electrons. The molecule has 2 fully saturated rings. The predicted octanol–water partition coefficient (Wildman–Crippen LogP) is 0.0199. The molecule has 1 aromatic heterocycles. The van der Waals surface area contributed by atoms with Crippen LogP contribution >= 0.6 is 0 Å². The number of amides is 2. The van der Waals surface area contributed by atoms with E-state index < -0.39 is 5.60 Å². The lowest BCUT2D eigenvalue weighted by atomic mass is 9.91. The number of nitrogens with zero attached hydrogens (tertiary/aromatic N) is 3. The summed E-state index contributed by atoms with van der Waals surface area (Å²) >= 11 is 0. The van der Waals surface area contributed by atoms with Gasteiger partial charge in [-0.15, -0.1) is 0 Å². The van der Waals surface area contributed by atoms with Gasteiger partial charge in [-0.2, -0.15) is 5.10 Å². The number of carbonyl (C=O) groups is 2. The van der Waals surface area contributed by atoms with Crippen molar-refractivity contribution in [3.63, 3.8) is 0 Å². The molecule has 0 saturated carbocycles. The molecule has 4 rings (SSSR count). The first kappa shape index (κ1) is 15.4. The van der Waals surface area contributed by atoms with E-state index >= 15 is 0 Å². The fourth-order valence-corrected chi connectivity index (χ4v) is 3.71. The number of hydrogen-bond donors (Lipinski definition) is 2. The Balaban J connectivity index is 1.28. The van der Waals surface area contributed by atoms with Crippen molar-refractivity contribution < 1.29 is 14.3 Å². The molecule has 2 N–H and O–H groups in total. The summed E-state index contributed by atoms with van der Waals surface area (Å²) in [5.74, 6) is 0.159. The average molecular weight is 333 g/mol. The van der Waals surface area contributed by atoms with Gasteiger partial charge >= 0.3 is 6.09 Å². The molecule has 3 aliphatic heterocycles. The molecule has 1 spiro atoms. The van der Waals surface area contributed by atoms with E-state index in [0.717, 1.165) is 25.3 Å². The van der Waals surface area contributed by atoms with Crippen LogP contribution in [0.4, 0.5) is 4.79 Å². The van der Waals surface area contributed by atoms with Crippen molar-refractivity contribution >= 4 is 12.0 Å². The van der Waals surface area contributed by atoms with Crippen LogP contribution in [-0.4, -0.2) is 58.5 Å². The molecular formula is C16H23N5O3. The molecule has 0 unspecified atom stereocenters. The van der Waals surface area contributed by atoms with Crippen molar-refractivity contribution in [2.45, 2.75) is 44.4 Å². The molecule has 3 aliphatic rings. The quantitative estimate of drug-likeness (QED) is 0.814. The topological polar surface area (TPSA) is 88.5 Å². The molecule has 8 nitrogen and oxygen atoms in total. The number of ether oxygens (including phenoxy) is 1. The summed E-state index contributed by atoms with van der Waals surface area (Å²) < 4.78 is 7.42. The van der Waals surface area contributed by atoms with E-state index in [1.807, 2.05) is 9.58 Å². The maximum atomic E-state index is 12.4. The normalized spacial score (nSPS) is 22.2. The standard InChI is InChI=1S/C16H23N5O3/c22-14(2-1-12-9-13-10-17-5-8-21(13)19-12)20-6-3-16(4-7-20)11-18-15(23)24-16/h9,17H,1-8,10-11H2,(H,18,23). The summed E-state index contributed by atoms with van der Waals surface area (Å²) in [6, 6.07) is 2.09. The predicted molar refractivity (Wildman–Crippen MR) is 85.3 cm³/mol. The Labute approximate surface area is 140 Å². The summed E-state index contributed by atoms with van der Waals surface area (Å²) in [6.45, 7) is 4.55. The summed E-state index contributed by atoms with van der Waals surface area (Å²) in [5, 5.41) is 10.6. The largest absolute Gasteiger partial charge is 0.441 e. The molecule has 0 aromatic carbocycles. The zero-order valence-electron chi connectivity index (χ0n) is 13.7. The second-order valence-electron chi connectivity index (χ2n) is 6.83. The lowest BCUT2D eigenvalue weighted by Crippen LogP contribution is -2.48. The molecule has 4 heterocycles. The van der Waals surface area contributed by atoms with Crippen molar-refractivity contribution in [3.05, 3.63) is 17.5 Å². The number of piperidine rings is 1. The van der Waals surface area contributed by atoms with Crippen molar-refractivity contribution in [2.24, 2.45) is 0 Å². The van der Waals surface area contributed by atoms with Crippen LogP contribution in [0.15, 0.2) is 6.07 Å². The summed E-state index contributed by atoms with van der Waals surface area (Å²) in [7, 11) is 0. The van der Waals surface area contributed by atoms with Gasteiger partial charge in [-0.3, -0.25) is 9.48 Å². The number of likely N-dealkylation sites (tertiary alicyclic amines) is 1. The second-order valence-corrected chi connectivity index (χ2v) is 6.83. The Kier molecular flexibility index (Phi) is 3.91. The van der Waals surface area contributed by atoms with E-state index in [2.05, 4.69) is 21.8 Å². The van der Waals surface area contributed by atoms with Crippen LogP contribution in [0.25, 0.3) is 0 Å². The summed E-state index contributed by atoms with van der Waals surface area (Å²) in [4.78, 5) is 25.6. The Hall–Kier alpha value is -2.09. The Bertz CT molecular complexity index is 625. The minimum atomic E-state index is -0.399. The summed E-state index contributed by atoms with van der Waals surface area (Å²) in [6.07, 6.45) is 2.24. The third-order valence-electron chi connectivity index (χ3n) is 5.21. The number of aromatic nitrogens is 2. The smallest absolute Gasteiger partial charge is 0.407 e. The SMILES string of the molecule is O=C1NCC2(CCN(C(=O)CCc3cc4n(n3)CCNC4)CC2)O1. The van der Waals surface area contributed by atoms with Gasteiger partial charge in [0, 0.05) is 51.9 Å². The Morgan fingerprint density at radius 1 is 1.33 bits per heavy atom. The van der Waals surface area contributed by atoms with Crippen LogP contribution in [0, 0.1) is 0 Å². The highest BCUT2D eigenvalue weighted by molar-refractivity contribution is 5.76. The minimum Gasteiger partial charge on any atom is -0.441 e. The van der Waals surface area contributed by atoms with Crippen molar-refractivity contribution in [3.8, 4) is 0 Å². The highest BCUT2D eigenvalue weighted by atomic mass is 16.6. The summed E-state index contributed by atoms with van der Waals surface area (Å²) in [5.41, 5.74) is 1.78. The molecule has 1 aromatic rings. The van der Waals surface area contributed by atoms with Crippen LogP contribution in [-0.2, 0) is 29.0 Å². The van der Waals surface area contributed by atoms with Gasteiger partial charge in [0.1, 0.15) is 5.60 Å². The second kappa shape index (κ2) is 6.08. The van der Waals surface area contributed by atoms with E-state index in [1.54, 1.807) is 0 Å². The number of nitrogens with one attached hydrogen (secondary N) is 2. The molecule has 8 heteroatoms. The zero-order valence-corrected chi connectivity index (χ0v) is 13.7. The van der Waals surface area contributed by atoms with Crippen LogP contribution in [0.5, 0.6) is 0 Å². The van der Waals surface area contributed by atoms with Crippen LogP contribution in [0.1, 0.15) is 30.7 Å². The third kappa shape index (κ3) is 2.98. The van der Waals surface area contributed by atoms with E-state index in [4.69, 9.17) is 4.74 Å². The van der Waals surface area contributed by atoms with Gasteiger partial charge in [0.15, 0.2) is 0 Å². The van der Waals surface area contributed by atoms with Gasteiger partial charge in [0.05, 0.1) is 24.5 Å². The highest BCUT2D eigenvalue weighted by Crippen LogP contribution is 2.29. The van der Waals surface area contributed by atoms with Crippen molar-refractivity contribution in [2.75, 3.05) is 26.2 Å². The van der Waals surface area contributed by atoms with Crippen LogP contribution in [0.3, 0.4) is 0 Å². The first-order valence-corrected chi connectivity index (χ1v) is 8.65. The lowest BCUT2D eigenvalue weighted by molar-refractivity contribution is -0.134. The van der Waals surface area contributed by atoms with Gasteiger partial charge in [0.2, 0.25) is 5.91 Å². The number of carbonyl (C=O) groups excluding carboxylic acids is 2. The number of alkyl carbamates (subject to hydrolysis) is 1. The number of rotatable bonds is 3. The van der Waals surface area contributed by atoms with Gasteiger partial charge in [-0.1, -0.05) is 0 Å². The maximum Gasteiger partial charge on any atom is 0.407 e. The van der Waals surface area contributed by atoms with E-state index in [0.29, 0.717) is 45.3 Å². The fourth-order valence-electron chi connectivity index (χ4n) is 3.71. The van der Waals surface area contributed by atoms with Gasteiger partial charge in [-0.05, 0) is 6.07 Å². The third-order valence-corrected chi connectivity index (χ3v) is 5.21. The molecular weight excluding hydrogens is 310 g/mol. The molecule has 24 heavy (non-hydrogen) atoms. The average Bonchev–Trinajstić information content (AvgIpc) is 3.17. The minimum absolute atomic E-state index is 0.159. The van der Waals surface area contributed by atoms with Gasteiger partial charge < -0.3 is 20.3 Å². The number of aryl methyl sites for hydroxylation is 1. The number of hydrogen-bond acceptors (Lipinski definition) is 5. The Morgan fingerprint density at radius 2 is 2.17 bits per heavy atom. The molecule has 0 bridgehead atoms. The molecule has 2 amide bonds. The first-order chi connectivity index (χ1) is 11.6. The Morgan fingerprint density at radius 3 is 2.88 bits per heavy atom. The van der Waals surface area contributed by atoms with Crippen molar-refractivity contribution in [1.82, 2.24) is 25.3 Å². The maximum absolute atomic E-state index is 12.4. The molecule has 130 valence electrons. The van der Waals surface area contributed by atoms with Crippen molar-refractivity contribution in [1.29, 1.82) is 0 Å². The first-order valence-electron chi connectivity index (χ1n) is 8.65. The molecule has 0 atom stereocenters. The van der Waals surface area contributed by atoms with Crippen LogP contribution in [0.2, 0.25) is 0 Å². The highest BCUT2D eigenvalue weighted by Gasteiger charge is 2.43. The van der Waals surface area contributed by atoms with Gasteiger partial charge in [0.25, 0.3) is 0 Å². The number of fused-ring (bicyclic) bond motifs is 1. The van der Waals surface area contributed by atoms with Crippen LogP contribution < -0.4 is 10.6 Å². The zero-order chi connectivity index (χ0) is 16.6.